The lowest BCUT2D eigenvalue weighted by atomic mass is 10.1. The number of benzene rings is 1. The van der Waals surface area contributed by atoms with E-state index in [0.717, 1.165) is 42.5 Å². The van der Waals surface area contributed by atoms with Crippen molar-refractivity contribution in [2.75, 3.05) is 18.4 Å². The summed E-state index contributed by atoms with van der Waals surface area (Å²) < 4.78 is 0. The second kappa shape index (κ2) is 7.89. The Hall–Kier alpha value is -2.37. The third-order valence-electron chi connectivity index (χ3n) is 5.46. The molecule has 1 aromatic rings. The molecule has 2 fully saturated rings. The Balaban J connectivity index is 1.49. The molecule has 140 valence electrons. The van der Waals surface area contributed by atoms with Gasteiger partial charge in [0.1, 0.15) is 0 Å². The van der Waals surface area contributed by atoms with E-state index in [2.05, 4.69) is 10.6 Å². The van der Waals surface area contributed by atoms with Crippen LogP contribution < -0.4 is 10.6 Å². The van der Waals surface area contributed by atoms with Crippen LogP contribution in [0.25, 0.3) is 0 Å². The highest BCUT2D eigenvalue weighted by Gasteiger charge is 2.38. The van der Waals surface area contributed by atoms with Crippen LogP contribution in [-0.4, -0.2) is 41.8 Å². The number of rotatable bonds is 5. The van der Waals surface area contributed by atoms with Crippen LogP contribution in [0.3, 0.4) is 0 Å². The Morgan fingerprint density at radius 3 is 2.46 bits per heavy atom. The van der Waals surface area contributed by atoms with Crippen LogP contribution in [0.15, 0.2) is 18.2 Å². The van der Waals surface area contributed by atoms with Gasteiger partial charge in [-0.2, -0.15) is 0 Å². The van der Waals surface area contributed by atoms with Crippen molar-refractivity contribution < 1.29 is 14.4 Å². The number of anilines is 1. The highest BCUT2D eigenvalue weighted by Crippen LogP contribution is 2.29. The van der Waals surface area contributed by atoms with Gasteiger partial charge in [0.05, 0.1) is 12.5 Å². The van der Waals surface area contributed by atoms with E-state index in [-0.39, 0.29) is 36.6 Å². The van der Waals surface area contributed by atoms with Crippen molar-refractivity contribution in [3.05, 3.63) is 29.3 Å². The minimum atomic E-state index is -0.351. The number of amides is 3. The number of nitrogens with one attached hydrogen (secondary N) is 2. The number of likely N-dealkylation sites (tertiary alicyclic amines) is 1. The molecule has 0 bridgehead atoms. The maximum absolute atomic E-state index is 12.4. The second-order valence-corrected chi connectivity index (χ2v) is 7.42. The number of hydrogen-bond acceptors (Lipinski definition) is 3. The quantitative estimate of drug-likeness (QED) is 0.847. The highest BCUT2D eigenvalue weighted by atomic mass is 16.2. The standard InChI is InChI=1S/C20H27N3O3/c1-13-6-5-7-14(2)19(13)22-17(24)11-21-20(26)15-10-18(25)23(12-15)16-8-3-4-9-16/h5-7,15-16H,3-4,8-12H2,1-2H3,(H,21,26)(H,22,24)/t15-/m1/s1. The first-order chi connectivity index (χ1) is 12.5. The van der Waals surface area contributed by atoms with Gasteiger partial charge in [-0.1, -0.05) is 31.0 Å². The fourth-order valence-corrected chi connectivity index (χ4v) is 3.98. The molecular formula is C20H27N3O3. The van der Waals surface area contributed by atoms with Crippen molar-refractivity contribution in [2.45, 2.75) is 52.0 Å². The van der Waals surface area contributed by atoms with Gasteiger partial charge < -0.3 is 15.5 Å². The van der Waals surface area contributed by atoms with Crippen molar-refractivity contribution in [2.24, 2.45) is 5.92 Å². The van der Waals surface area contributed by atoms with E-state index in [1.54, 1.807) is 0 Å². The van der Waals surface area contributed by atoms with E-state index in [4.69, 9.17) is 0 Å². The molecular weight excluding hydrogens is 330 g/mol. The molecule has 1 atom stereocenters. The van der Waals surface area contributed by atoms with Gasteiger partial charge in [-0.3, -0.25) is 14.4 Å². The van der Waals surface area contributed by atoms with E-state index in [1.165, 1.54) is 0 Å². The Kier molecular flexibility index (Phi) is 5.59. The van der Waals surface area contributed by atoms with Gasteiger partial charge in [0.15, 0.2) is 0 Å². The van der Waals surface area contributed by atoms with E-state index in [9.17, 15) is 14.4 Å². The molecule has 0 unspecified atom stereocenters. The van der Waals surface area contributed by atoms with Crippen LogP contribution in [0, 0.1) is 19.8 Å². The minimum absolute atomic E-state index is 0.0667. The lowest BCUT2D eigenvalue weighted by molar-refractivity contribution is -0.130. The zero-order valence-corrected chi connectivity index (χ0v) is 15.5. The first kappa shape index (κ1) is 18.4. The summed E-state index contributed by atoms with van der Waals surface area (Å²) in [4.78, 5) is 38.6. The summed E-state index contributed by atoms with van der Waals surface area (Å²) in [5.41, 5.74) is 2.76. The van der Waals surface area contributed by atoms with Gasteiger partial charge in [-0.05, 0) is 37.8 Å². The van der Waals surface area contributed by atoms with Crippen LogP contribution in [0.5, 0.6) is 0 Å². The van der Waals surface area contributed by atoms with Gasteiger partial charge in [0.25, 0.3) is 0 Å². The number of carbonyl (C=O) groups excluding carboxylic acids is 3. The van der Waals surface area contributed by atoms with Crippen molar-refractivity contribution in [3.8, 4) is 0 Å². The van der Waals surface area contributed by atoms with Gasteiger partial charge in [0.2, 0.25) is 17.7 Å². The predicted molar refractivity (Wildman–Crippen MR) is 99.6 cm³/mol. The lowest BCUT2D eigenvalue weighted by Crippen LogP contribution is -2.39. The molecule has 1 saturated heterocycles. The average molecular weight is 357 g/mol. The maximum atomic E-state index is 12.4. The normalized spacial score (nSPS) is 20.5. The zero-order chi connectivity index (χ0) is 18.7. The number of nitrogens with zero attached hydrogens (tertiary/aromatic N) is 1. The fourth-order valence-electron chi connectivity index (χ4n) is 3.98. The van der Waals surface area contributed by atoms with E-state index < -0.39 is 0 Å². The van der Waals surface area contributed by atoms with E-state index in [1.807, 2.05) is 36.9 Å². The SMILES string of the molecule is Cc1cccc(C)c1NC(=O)CNC(=O)[C@@H]1CC(=O)N(C2CCCC2)C1. The summed E-state index contributed by atoms with van der Waals surface area (Å²) in [5, 5.41) is 5.54. The molecule has 1 aromatic carbocycles. The van der Waals surface area contributed by atoms with Crippen molar-refractivity contribution in [3.63, 3.8) is 0 Å². The molecule has 2 N–H and O–H groups in total. The zero-order valence-electron chi connectivity index (χ0n) is 15.5. The Bertz CT molecular complexity index is 690. The third kappa shape index (κ3) is 4.06. The van der Waals surface area contributed by atoms with Crippen LogP contribution in [0.1, 0.15) is 43.2 Å². The highest BCUT2D eigenvalue weighted by molar-refractivity contribution is 5.97. The monoisotopic (exact) mass is 357 g/mol. The summed E-state index contributed by atoms with van der Waals surface area (Å²) in [6.07, 6.45) is 4.64. The van der Waals surface area contributed by atoms with Crippen molar-refractivity contribution in [1.29, 1.82) is 0 Å². The lowest BCUT2D eigenvalue weighted by Gasteiger charge is -2.23. The first-order valence-corrected chi connectivity index (χ1v) is 9.39. The Morgan fingerprint density at radius 2 is 1.81 bits per heavy atom. The molecule has 1 heterocycles. The molecule has 3 rings (SSSR count). The van der Waals surface area contributed by atoms with Gasteiger partial charge in [0, 0.05) is 24.7 Å². The number of aryl methyl sites for hydroxylation is 2. The number of hydrogen-bond donors (Lipinski definition) is 2. The smallest absolute Gasteiger partial charge is 0.243 e. The molecule has 2 aliphatic rings. The molecule has 1 aliphatic heterocycles. The molecule has 0 spiro atoms. The molecule has 1 aliphatic carbocycles. The minimum Gasteiger partial charge on any atom is -0.347 e. The molecule has 26 heavy (non-hydrogen) atoms. The number of para-hydroxylation sites is 1. The molecule has 1 saturated carbocycles. The summed E-state index contributed by atoms with van der Waals surface area (Å²) in [6, 6.07) is 6.11. The summed E-state index contributed by atoms with van der Waals surface area (Å²) in [5.74, 6) is -0.753. The Morgan fingerprint density at radius 1 is 1.15 bits per heavy atom. The average Bonchev–Trinajstić information content (AvgIpc) is 3.25. The molecule has 0 aromatic heterocycles. The van der Waals surface area contributed by atoms with Crippen molar-refractivity contribution >= 4 is 23.4 Å². The maximum Gasteiger partial charge on any atom is 0.243 e. The molecule has 0 radical (unpaired) electrons. The van der Waals surface area contributed by atoms with Gasteiger partial charge in [-0.15, -0.1) is 0 Å². The van der Waals surface area contributed by atoms with Crippen LogP contribution >= 0.6 is 0 Å². The second-order valence-electron chi connectivity index (χ2n) is 7.42. The molecule has 3 amide bonds. The number of carbonyl (C=O) groups is 3. The third-order valence-corrected chi connectivity index (χ3v) is 5.46. The van der Waals surface area contributed by atoms with Crippen LogP contribution in [0.4, 0.5) is 5.69 Å². The van der Waals surface area contributed by atoms with Crippen LogP contribution in [0.2, 0.25) is 0 Å². The summed E-state index contributed by atoms with van der Waals surface area (Å²) in [6.45, 7) is 4.26. The van der Waals surface area contributed by atoms with Gasteiger partial charge >= 0.3 is 0 Å². The largest absolute Gasteiger partial charge is 0.347 e. The molecule has 6 nitrogen and oxygen atoms in total. The molecule has 6 heteroatoms. The van der Waals surface area contributed by atoms with Crippen molar-refractivity contribution in [1.82, 2.24) is 10.2 Å². The topological polar surface area (TPSA) is 78.5 Å². The van der Waals surface area contributed by atoms with Crippen LogP contribution in [-0.2, 0) is 14.4 Å². The van der Waals surface area contributed by atoms with E-state index >= 15 is 0 Å². The van der Waals surface area contributed by atoms with Gasteiger partial charge in [-0.25, -0.2) is 0 Å². The van der Waals surface area contributed by atoms with E-state index in [0.29, 0.717) is 12.6 Å². The fraction of sp³-hybridized carbons (Fsp3) is 0.550. The summed E-state index contributed by atoms with van der Waals surface area (Å²) in [7, 11) is 0. The Labute approximate surface area is 154 Å². The summed E-state index contributed by atoms with van der Waals surface area (Å²) >= 11 is 0. The first-order valence-electron chi connectivity index (χ1n) is 9.39. The predicted octanol–water partition coefficient (Wildman–Crippen LogP) is 2.15.